The fourth-order valence-electron chi connectivity index (χ4n) is 3.52. The van der Waals surface area contributed by atoms with Crippen LogP contribution in [-0.2, 0) is 21.2 Å². The number of carbonyl (C=O) groups is 1. The molecular weight excluding hydrogens is 384 g/mol. The number of nitrogens with one attached hydrogen (secondary N) is 1. The van der Waals surface area contributed by atoms with E-state index in [4.69, 9.17) is 0 Å². The molecule has 3 aromatic carbocycles. The summed E-state index contributed by atoms with van der Waals surface area (Å²) in [6, 6.07) is 23.8. The second-order valence-corrected chi connectivity index (χ2v) is 8.75. The predicted molar refractivity (Wildman–Crippen MR) is 115 cm³/mol. The lowest BCUT2D eigenvalue weighted by Gasteiger charge is -2.16. The van der Waals surface area contributed by atoms with Crippen LogP contribution in [-0.4, -0.2) is 20.9 Å². The zero-order chi connectivity index (χ0) is 20.3. The normalized spacial score (nSPS) is 14.2. The number of para-hydroxylation sites is 1. The molecule has 6 heteroatoms. The van der Waals surface area contributed by atoms with Gasteiger partial charge < -0.3 is 4.90 Å². The number of hydrogen-bond acceptors (Lipinski definition) is 3. The molecule has 29 heavy (non-hydrogen) atoms. The van der Waals surface area contributed by atoms with E-state index in [1.54, 1.807) is 35.2 Å². The first-order chi connectivity index (χ1) is 14.0. The summed E-state index contributed by atoms with van der Waals surface area (Å²) in [4.78, 5) is 13.7. The van der Waals surface area contributed by atoms with Crippen molar-refractivity contribution in [3.8, 4) is 0 Å². The molecule has 0 saturated carbocycles. The summed E-state index contributed by atoms with van der Waals surface area (Å²) in [6.07, 6.45) is 2.01. The molecule has 0 bridgehead atoms. The van der Waals surface area contributed by atoms with Crippen molar-refractivity contribution < 1.29 is 13.2 Å². The van der Waals surface area contributed by atoms with E-state index in [9.17, 15) is 13.2 Å². The molecule has 0 radical (unpaired) electrons. The van der Waals surface area contributed by atoms with Crippen LogP contribution in [0.4, 0.5) is 11.4 Å². The zero-order valence-corrected chi connectivity index (χ0v) is 16.7. The third-order valence-electron chi connectivity index (χ3n) is 5.03. The quantitative estimate of drug-likeness (QED) is 0.667. The number of carbonyl (C=O) groups excluding carboxylic acids is 1. The van der Waals surface area contributed by atoms with E-state index < -0.39 is 10.0 Å². The minimum absolute atomic E-state index is 0.0774. The van der Waals surface area contributed by atoms with E-state index in [-0.39, 0.29) is 10.8 Å². The van der Waals surface area contributed by atoms with Gasteiger partial charge in [0.25, 0.3) is 10.0 Å². The van der Waals surface area contributed by atoms with E-state index in [1.807, 2.05) is 48.5 Å². The minimum Gasteiger partial charge on any atom is -0.312 e. The Labute approximate surface area is 171 Å². The standard InChI is InChI=1S/C23H22N2O3S/c26-23-11-6-16-25(23)20-12-14-21(15-13-20)29(27,28)24-22-10-5-4-9-19(22)17-18-7-2-1-3-8-18/h1-5,7-10,12-15,24H,6,11,16-17H2. The zero-order valence-electron chi connectivity index (χ0n) is 15.9. The van der Waals surface area contributed by atoms with Crippen LogP contribution < -0.4 is 9.62 Å². The Morgan fingerprint density at radius 3 is 2.24 bits per heavy atom. The molecule has 3 aromatic rings. The summed E-state index contributed by atoms with van der Waals surface area (Å²) in [7, 11) is -3.74. The highest BCUT2D eigenvalue weighted by Crippen LogP contribution is 2.26. The molecule has 1 aliphatic heterocycles. The SMILES string of the molecule is O=C1CCCN1c1ccc(S(=O)(=O)Nc2ccccc2Cc2ccccc2)cc1. The fourth-order valence-corrected chi connectivity index (χ4v) is 4.62. The third-order valence-corrected chi connectivity index (χ3v) is 6.41. The summed E-state index contributed by atoms with van der Waals surface area (Å²) >= 11 is 0. The molecule has 0 spiro atoms. The molecule has 1 N–H and O–H groups in total. The van der Waals surface area contributed by atoms with Crippen LogP contribution >= 0.6 is 0 Å². The number of rotatable bonds is 6. The highest BCUT2D eigenvalue weighted by Gasteiger charge is 2.22. The van der Waals surface area contributed by atoms with Gasteiger partial charge in [0.15, 0.2) is 0 Å². The number of hydrogen-bond donors (Lipinski definition) is 1. The summed E-state index contributed by atoms with van der Waals surface area (Å²) in [6.45, 7) is 0.677. The number of benzene rings is 3. The smallest absolute Gasteiger partial charge is 0.261 e. The highest BCUT2D eigenvalue weighted by atomic mass is 32.2. The molecular formula is C23H22N2O3S. The van der Waals surface area contributed by atoms with Gasteiger partial charge in [-0.3, -0.25) is 9.52 Å². The molecule has 1 aliphatic rings. The molecule has 0 atom stereocenters. The summed E-state index contributed by atoms with van der Waals surface area (Å²) in [5.41, 5.74) is 3.31. The van der Waals surface area contributed by atoms with Gasteiger partial charge >= 0.3 is 0 Å². The van der Waals surface area contributed by atoms with Crippen molar-refractivity contribution in [2.75, 3.05) is 16.2 Å². The van der Waals surface area contributed by atoms with Crippen molar-refractivity contribution in [1.29, 1.82) is 0 Å². The van der Waals surface area contributed by atoms with Crippen molar-refractivity contribution in [2.45, 2.75) is 24.2 Å². The van der Waals surface area contributed by atoms with Crippen LogP contribution in [0.3, 0.4) is 0 Å². The van der Waals surface area contributed by atoms with E-state index in [2.05, 4.69) is 4.72 Å². The number of sulfonamides is 1. The van der Waals surface area contributed by atoms with Crippen molar-refractivity contribution in [3.63, 3.8) is 0 Å². The van der Waals surface area contributed by atoms with Crippen LogP contribution in [0.1, 0.15) is 24.0 Å². The first-order valence-electron chi connectivity index (χ1n) is 9.58. The number of amides is 1. The van der Waals surface area contributed by atoms with Gasteiger partial charge in [0.2, 0.25) is 5.91 Å². The Kier molecular flexibility index (Phi) is 5.36. The van der Waals surface area contributed by atoms with Crippen molar-refractivity contribution in [2.24, 2.45) is 0 Å². The van der Waals surface area contributed by atoms with Gasteiger partial charge in [-0.25, -0.2) is 8.42 Å². The molecule has 1 fully saturated rings. The van der Waals surface area contributed by atoms with E-state index in [1.165, 1.54) is 0 Å². The first-order valence-corrected chi connectivity index (χ1v) is 11.1. The van der Waals surface area contributed by atoms with Gasteiger partial charge in [-0.2, -0.15) is 0 Å². The molecule has 1 heterocycles. The molecule has 1 amide bonds. The summed E-state index contributed by atoms with van der Waals surface area (Å²) < 4.78 is 28.5. The Morgan fingerprint density at radius 1 is 0.862 bits per heavy atom. The largest absolute Gasteiger partial charge is 0.312 e. The van der Waals surface area contributed by atoms with Crippen molar-refractivity contribution in [3.05, 3.63) is 90.0 Å². The van der Waals surface area contributed by atoms with E-state index in [0.717, 1.165) is 23.2 Å². The lowest BCUT2D eigenvalue weighted by molar-refractivity contribution is -0.117. The maximum Gasteiger partial charge on any atom is 0.261 e. The van der Waals surface area contributed by atoms with Gasteiger partial charge in [0.1, 0.15) is 0 Å². The van der Waals surface area contributed by atoms with Gasteiger partial charge in [-0.1, -0.05) is 48.5 Å². The van der Waals surface area contributed by atoms with Gasteiger partial charge in [-0.15, -0.1) is 0 Å². The average molecular weight is 407 g/mol. The second-order valence-electron chi connectivity index (χ2n) is 7.07. The van der Waals surface area contributed by atoms with Crippen LogP contribution in [0, 0.1) is 0 Å². The summed E-state index contributed by atoms with van der Waals surface area (Å²) in [5.74, 6) is 0.0774. The molecule has 1 saturated heterocycles. The molecule has 0 aliphatic carbocycles. The average Bonchev–Trinajstić information content (AvgIpc) is 3.16. The van der Waals surface area contributed by atoms with Gasteiger partial charge in [0.05, 0.1) is 10.6 Å². The first kappa shape index (κ1) is 19.2. The molecule has 5 nitrogen and oxygen atoms in total. The topological polar surface area (TPSA) is 66.5 Å². The van der Waals surface area contributed by atoms with E-state index >= 15 is 0 Å². The van der Waals surface area contributed by atoms with E-state index in [0.29, 0.717) is 25.1 Å². The molecule has 4 rings (SSSR count). The Morgan fingerprint density at radius 2 is 1.55 bits per heavy atom. The van der Waals surface area contributed by atoms with Crippen molar-refractivity contribution >= 4 is 27.3 Å². The third kappa shape index (κ3) is 4.32. The van der Waals surface area contributed by atoms with Crippen LogP contribution in [0.2, 0.25) is 0 Å². The van der Waals surface area contributed by atoms with Crippen LogP contribution in [0.15, 0.2) is 83.8 Å². The van der Waals surface area contributed by atoms with Crippen molar-refractivity contribution in [1.82, 2.24) is 0 Å². The summed E-state index contributed by atoms with van der Waals surface area (Å²) in [5, 5.41) is 0. The fraction of sp³-hybridized carbons (Fsp3) is 0.174. The lowest BCUT2D eigenvalue weighted by atomic mass is 10.0. The maximum atomic E-state index is 12.9. The predicted octanol–water partition coefficient (Wildman–Crippen LogP) is 4.21. The second kappa shape index (κ2) is 8.09. The number of nitrogens with zero attached hydrogens (tertiary/aromatic N) is 1. The lowest BCUT2D eigenvalue weighted by Crippen LogP contribution is -2.23. The number of anilines is 2. The van der Waals surface area contributed by atoms with Crippen LogP contribution in [0.25, 0.3) is 0 Å². The Bertz CT molecular complexity index is 1110. The Balaban J connectivity index is 1.55. The maximum absolute atomic E-state index is 12.9. The molecule has 148 valence electrons. The van der Waals surface area contributed by atoms with Gasteiger partial charge in [0, 0.05) is 18.7 Å². The minimum atomic E-state index is -3.74. The molecule has 0 aromatic heterocycles. The van der Waals surface area contributed by atoms with Gasteiger partial charge in [-0.05, 0) is 54.3 Å². The monoisotopic (exact) mass is 406 g/mol. The highest BCUT2D eigenvalue weighted by molar-refractivity contribution is 7.92. The molecule has 0 unspecified atom stereocenters. The van der Waals surface area contributed by atoms with Crippen LogP contribution in [0.5, 0.6) is 0 Å². The Hall–Kier alpha value is -3.12.